The molecule has 2 aromatic heterocycles. The molecule has 3 heterocycles. The number of benzene rings is 1. The molecule has 0 unspecified atom stereocenters. The first-order valence-corrected chi connectivity index (χ1v) is 10.2. The van der Waals surface area contributed by atoms with Gasteiger partial charge < -0.3 is 24.5 Å². The van der Waals surface area contributed by atoms with Crippen molar-refractivity contribution >= 4 is 17.4 Å². The van der Waals surface area contributed by atoms with Crippen LogP contribution >= 0.6 is 0 Å². The average Bonchev–Trinajstić information content (AvgIpc) is 3.28. The van der Waals surface area contributed by atoms with E-state index in [0.29, 0.717) is 24.4 Å². The van der Waals surface area contributed by atoms with Crippen LogP contribution < -0.4 is 20.1 Å². The van der Waals surface area contributed by atoms with Gasteiger partial charge in [-0.05, 0) is 37.1 Å². The Labute approximate surface area is 169 Å². The van der Waals surface area contributed by atoms with E-state index in [-0.39, 0.29) is 6.03 Å². The van der Waals surface area contributed by atoms with Crippen molar-refractivity contribution in [2.75, 3.05) is 11.9 Å². The minimum atomic E-state index is -0.504. The van der Waals surface area contributed by atoms with Crippen LogP contribution in [0.4, 0.5) is 10.5 Å². The largest absolute Gasteiger partial charge is 0.448 e. The molecule has 1 aromatic carbocycles. The van der Waals surface area contributed by atoms with Gasteiger partial charge in [-0.25, -0.2) is 9.78 Å². The molecule has 1 aliphatic carbocycles. The normalized spacial score (nSPS) is 16.8. The summed E-state index contributed by atoms with van der Waals surface area (Å²) >= 11 is 0. The maximum atomic E-state index is 12.3. The maximum Gasteiger partial charge on any atom is 0.319 e. The zero-order valence-corrected chi connectivity index (χ0v) is 16.2. The Balaban J connectivity index is 1.15. The second kappa shape index (κ2) is 7.31. The van der Waals surface area contributed by atoms with E-state index >= 15 is 0 Å². The van der Waals surface area contributed by atoms with Crippen LogP contribution in [0, 0.1) is 0 Å². The first-order chi connectivity index (χ1) is 14.2. The van der Waals surface area contributed by atoms with Gasteiger partial charge in [0, 0.05) is 50.0 Å². The predicted octanol–water partition coefficient (Wildman–Crippen LogP) is 4.13. The van der Waals surface area contributed by atoms with Gasteiger partial charge in [0.25, 0.3) is 5.79 Å². The molecule has 7 heteroatoms. The molecule has 1 aliphatic heterocycles. The Hall–Kier alpha value is -3.22. The predicted molar refractivity (Wildman–Crippen MR) is 109 cm³/mol. The van der Waals surface area contributed by atoms with Crippen LogP contribution in [0.25, 0.3) is 5.65 Å². The molecule has 0 saturated heterocycles. The van der Waals surface area contributed by atoms with Crippen LogP contribution in [-0.4, -0.2) is 27.7 Å². The molecule has 0 atom stereocenters. The van der Waals surface area contributed by atoms with Crippen LogP contribution in [0.5, 0.6) is 11.5 Å². The summed E-state index contributed by atoms with van der Waals surface area (Å²) in [5.74, 6) is 0.953. The number of hydrogen-bond acceptors (Lipinski definition) is 4. The maximum absolute atomic E-state index is 12.3. The van der Waals surface area contributed by atoms with E-state index in [1.807, 2.05) is 53.2 Å². The van der Waals surface area contributed by atoms with Gasteiger partial charge in [-0.2, -0.15) is 0 Å². The monoisotopic (exact) mass is 392 g/mol. The Morgan fingerprint density at radius 2 is 1.97 bits per heavy atom. The van der Waals surface area contributed by atoms with Gasteiger partial charge in [-0.15, -0.1) is 0 Å². The van der Waals surface area contributed by atoms with E-state index in [1.165, 1.54) is 6.42 Å². The van der Waals surface area contributed by atoms with Crippen molar-refractivity contribution in [1.29, 1.82) is 0 Å². The van der Waals surface area contributed by atoms with Crippen LogP contribution in [0.1, 0.15) is 37.8 Å². The van der Waals surface area contributed by atoms with Crippen LogP contribution in [0.2, 0.25) is 0 Å². The molecular formula is C22H24N4O3. The van der Waals surface area contributed by atoms with Crippen molar-refractivity contribution in [1.82, 2.24) is 14.7 Å². The van der Waals surface area contributed by atoms with Gasteiger partial charge in [0.15, 0.2) is 11.5 Å². The number of nitrogens with zero attached hydrogens (tertiary/aromatic N) is 2. The van der Waals surface area contributed by atoms with Crippen LogP contribution in [0.3, 0.4) is 0 Å². The highest BCUT2D eigenvalue weighted by atomic mass is 16.7. The molecule has 2 N–H and O–H groups in total. The number of hydrogen-bond donors (Lipinski definition) is 2. The lowest BCUT2D eigenvalue weighted by Gasteiger charge is -2.31. The summed E-state index contributed by atoms with van der Waals surface area (Å²) in [5, 5.41) is 5.74. The summed E-state index contributed by atoms with van der Waals surface area (Å²) in [7, 11) is 0. The van der Waals surface area contributed by atoms with Crippen LogP contribution in [-0.2, 0) is 6.42 Å². The smallest absolute Gasteiger partial charge is 0.319 e. The lowest BCUT2D eigenvalue weighted by atomic mass is 9.94. The Morgan fingerprint density at radius 3 is 2.83 bits per heavy atom. The van der Waals surface area contributed by atoms with E-state index in [4.69, 9.17) is 9.47 Å². The molecule has 2 amide bonds. The number of rotatable bonds is 4. The van der Waals surface area contributed by atoms with Gasteiger partial charge in [0.2, 0.25) is 0 Å². The molecule has 3 aromatic rings. The van der Waals surface area contributed by atoms with Crippen molar-refractivity contribution in [3.63, 3.8) is 0 Å². The first-order valence-electron chi connectivity index (χ1n) is 10.2. The fraction of sp³-hybridized carbons (Fsp3) is 0.364. The number of fused-ring (bicyclic) bond motifs is 2. The zero-order chi connectivity index (χ0) is 19.7. The molecule has 0 radical (unpaired) electrons. The van der Waals surface area contributed by atoms with E-state index in [0.717, 1.165) is 42.8 Å². The SMILES string of the molecule is O=C(NCCc1cn2ccccc2n1)Nc1ccc2c(c1)OC1(CCCCC1)O2. The third-order valence-corrected chi connectivity index (χ3v) is 5.49. The topological polar surface area (TPSA) is 76.9 Å². The highest BCUT2D eigenvalue weighted by Gasteiger charge is 2.42. The third kappa shape index (κ3) is 3.72. The molecule has 150 valence electrons. The third-order valence-electron chi connectivity index (χ3n) is 5.49. The van der Waals surface area contributed by atoms with Crippen molar-refractivity contribution < 1.29 is 14.3 Å². The van der Waals surface area contributed by atoms with Gasteiger partial charge in [0.1, 0.15) is 5.65 Å². The number of carbonyl (C=O) groups is 1. The summed E-state index contributed by atoms with van der Waals surface area (Å²) in [6.07, 6.45) is 9.89. The zero-order valence-electron chi connectivity index (χ0n) is 16.2. The number of anilines is 1. The van der Waals surface area contributed by atoms with Crippen LogP contribution in [0.15, 0.2) is 48.8 Å². The van der Waals surface area contributed by atoms with Gasteiger partial charge in [-0.3, -0.25) is 0 Å². The molecule has 2 aliphatic rings. The number of carbonyl (C=O) groups excluding carboxylic acids is 1. The highest BCUT2D eigenvalue weighted by Crippen LogP contribution is 2.46. The van der Waals surface area contributed by atoms with Gasteiger partial charge in [0.05, 0.1) is 5.69 Å². The van der Waals surface area contributed by atoms with Crippen molar-refractivity contribution in [3.8, 4) is 11.5 Å². The fourth-order valence-electron chi connectivity index (χ4n) is 4.05. The number of amides is 2. The fourth-order valence-corrected chi connectivity index (χ4v) is 4.05. The number of ether oxygens (including phenoxy) is 2. The van der Waals surface area contributed by atoms with Gasteiger partial charge in [-0.1, -0.05) is 12.5 Å². The molecule has 1 fully saturated rings. The lowest BCUT2D eigenvalue weighted by molar-refractivity contribution is -0.105. The standard InChI is InChI=1S/C22H24N4O3/c27-21(23-12-9-17-15-26-13-5-2-6-20(26)24-17)25-16-7-8-18-19(14-16)29-22(28-18)10-3-1-4-11-22/h2,5-8,13-15H,1,3-4,9-12H2,(H2,23,25,27). The number of imidazole rings is 1. The number of pyridine rings is 1. The summed E-state index contributed by atoms with van der Waals surface area (Å²) in [6, 6.07) is 11.2. The van der Waals surface area contributed by atoms with Gasteiger partial charge >= 0.3 is 6.03 Å². The second-order valence-corrected chi connectivity index (χ2v) is 7.67. The molecule has 7 nitrogen and oxygen atoms in total. The Kier molecular flexibility index (Phi) is 4.50. The average molecular weight is 392 g/mol. The highest BCUT2D eigenvalue weighted by molar-refractivity contribution is 5.89. The first kappa shape index (κ1) is 17.8. The van der Waals surface area contributed by atoms with E-state index < -0.39 is 5.79 Å². The molecule has 29 heavy (non-hydrogen) atoms. The molecule has 1 saturated carbocycles. The van der Waals surface area contributed by atoms with Crippen molar-refractivity contribution in [3.05, 3.63) is 54.5 Å². The van der Waals surface area contributed by atoms with E-state index in [1.54, 1.807) is 0 Å². The minimum absolute atomic E-state index is 0.250. The summed E-state index contributed by atoms with van der Waals surface area (Å²) in [6.45, 7) is 0.503. The quantitative estimate of drug-likeness (QED) is 0.700. The molecule has 5 rings (SSSR count). The summed E-state index contributed by atoms with van der Waals surface area (Å²) < 4.78 is 14.2. The molecule has 0 bridgehead atoms. The number of aromatic nitrogens is 2. The number of urea groups is 1. The molecular weight excluding hydrogens is 368 g/mol. The minimum Gasteiger partial charge on any atom is -0.448 e. The van der Waals surface area contributed by atoms with E-state index in [9.17, 15) is 4.79 Å². The Bertz CT molecular complexity index is 1010. The van der Waals surface area contributed by atoms with Crippen molar-refractivity contribution in [2.24, 2.45) is 0 Å². The van der Waals surface area contributed by atoms with E-state index in [2.05, 4.69) is 15.6 Å². The van der Waals surface area contributed by atoms with Crippen molar-refractivity contribution in [2.45, 2.75) is 44.3 Å². The number of nitrogens with one attached hydrogen (secondary N) is 2. The molecule has 1 spiro atoms. The summed E-state index contributed by atoms with van der Waals surface area (Å²) in [4.78, 5) is 16.8. The lowest BCUT2D eigenvalue weighted by Crippen LogP contribution is -2.40. The second-order valence-electron chi connectivity index (χ2n) is 7.67. The summed E-state index contributed by atoms with van der Waals surface area (Å²) in [5.41, 5.74) is 2.53. The Morgan fingerprint density at radius 1 is 1.10 bits per heavy atom.